The molecular formula is C16H21ClO3. The minimum absolute atomic E-state index is 0.0138. The van der Waals surface area contributed by atoms with Gasteiger partial charge in [0.15, 0.2) is 5.79 Å². The maximum absolute atomic E-state index is 9.23. The van der Waals surface area contributed by atoms with Gasteiger partial charge in [0.2, 0.25) is 0 Å². The molecule has 1 aromatic rings. The minimum Gasteiger partial charge on any atom is -0.396 e. The minimum atomic E-state index is -0.397. The Bertz CT molecular complexity index is 457. The lowest BCUT2D eigenvalue weighted by atomic mass is 10.0. The number of rotatable bonds is 4. The molecule has 2 aliphatic rings. The normalized spacial score (nSPS) is 28.3. The summed E-state index contributed by atoms with van der Waals surface area (Å²) in [4.78, 5) is 0. The van der Waals surface area contributed by atoms with E-state index in [-0.39, 0.29) is 18.8 Å². The topological polar surface area (TPSA) is 38.7 Å². The Hall–Kier alpha value is -0.610. The second-order valence-electron chi connectivity index (χ2n) is 5.74. The first-order valence-corrected chi connectivity index (χ1v) is 7.80. The summed E-state index contributed by atoms with van der Waals surface area (Å²) in [7, 11) is 0. The third-order valence-corrected chi connectivity index (χ3v) is 4.67. The molecular weight excluding hydrogens is 276 g/mol. The van der Waals surface area contributed by atoms with Crippen LogP contribution in [0.1, 0.15) is 37.7 Å². The third-order valence-electron chi connectivity index (χ3n) is 4.30. The predicted molar refractivity (Wildman–Crippen MR) is 77.8 cm³/mol. The zero-order valence-electron chi connectivity index (χ0n) is 11.6. The molecule has 1 aliphatic carbocycles. The average Bonchev–Trinajstić information content (AvgIpc) is 3.01. The van der Waals surface area contributed by atoms with E-state index in [1.54, 1.807) is 0 Å². The van der Waals surface area contributed by atoms with Crippen LogP contribution >= 0.6 is 11.6 Å². The summed E-state index contributed by atoms with van der Waals surface area (Å²) in [5.74, 6) is -0.397. The van der Waals surface area contributed by atoms with E-state index in [0.29, 0.717) is 6.42 Å². The Kier molecular flexibility index (Phi) is 4.32. The van der Waals surface area contributed by atoms with Gasteiger partial charge in [-0.3, -0.25) is 0 Å². The maximum Gasteiger partial charge on any atom is 0.169 e. The van der Waals surface area contributed by atoms with Gasteiger partial charge in [0.25, 0.3) is 0 Å². The maximum atomic E-state index is 9.23. The standard InChI is InChI=1S/C16H21ClO3/c17-13-6-2-1-5-12(13)11-15-14(7-10-18)19-16(20-15)8-3-4-9-16/h1-2,5-6,14-15,18H,3-4,7-11H2/t14-,15-/m0/s1. The SMILES string of the molecule is OCC[C@@H]1OC2(CCCC2)O[C@H]1Cc1ccccc1Cl. The molecule has 0 bridgehead atoms. The van der Waals surface area contributed by atoms with Gasteiger partial charge in [0, 0.05) is 30.9 Å². The lowest BCUT2D eigenvalue weighted by molar-refractivity contribution is -0.169. The van der Waals surface area contributed by atoms with Gasteiger partial charge in [-0.2, -0.15) is 0 Å². The first kappa shape index (κ1) is 14.3. The van der Waals surface area contributed by atoms with E-state index in [0.717, 1.165) is 42.7 Å². The molecule has 0 amide bonds. The monoisotopic (exact) mass is 296 g/mol. The van der Waals surface area contributed by atoms with Gasteiger partial charge in [-0.15, -0.1) is 0 Å². The summed E-state index contributed by atoms with van der Waals surface area (Å²) in [6, 6.07) is 7.85. The number of aliphatic hydroxyl groups excluding tert-OH is 1. The Morgan fingerprint density at radius 2 is 1.85 bits per heavy atom. The van der Waals surface area contributed by atoms with Crippen molar-refractivity contribution in [3.05, 3.63) is 34.9 Å². The van der Waals surface area contributed by atoms with Crippen molar-refractivity contribution in [3.8, 4) is 0 Å². The average molecular weight is 297 g/mol. The molecule has 0 radical (unpaired) electrons. The van der Waals surface area contributed by atoms with Crippen LogP contribution in [0.4, 0.5) is 0 Å². The van der Waals surface area contributed by atoms with Crippen molar-refractivity contribution in [2.45, 2.75) is 56.5 Å². The summed E-state index contributed by atoms with van der Waals surface area (Å²) >= 11 is 6.23. The predicted octanol–water partition coefficient (Wildman–Crippen LogP) is 3.32. The van der Waals surface area contributed by atoms with Crippen LogP contribution in [0.3, 0.4) is 0 Å². The van der Waals surface area contributed by atoms with Crippen molar-refractivity contribution in [3.63, 3.8) is 0 Å². The second kappa shape index (κ2) is 6.02. The molecule has 3 nitrogen and oxygen atoms in total. The van der Waals surface area contributed by atoms with Crippen molar-refractivity contribution in [1.82, 2.24) is 0 Å². The molecule has 3 rings (SSSR count). The van der Waals surface area contributed by atoms with Gasteiger partial charge in [0.05, 0.1) is 12.2 Å². The number of hydrogen-bond acceptors (Lipinski definition) is 3. The molecule has 1 spiro atoms. The summed E-state index contributed by atoms with van der Waals surface area (Å²) in [5, 5.41) is 10.0. The molecule has 2 fully saturated rings. The van der Waals surface area contributed by atoms with Crippen molar-refractivity contribution in [2.75, 3.05) is 6.61 Å². The Labute approximate surface area is 124 Å². The fraction of sp³-hybridized carbons (Fsp3) is 0.625. The van der Waals surface area contributed by atoms with Crippen molar-refractivity contribution in [2.24, 2.45) is 0 Å². The van der Waals surface area contributed by atoms with Gasteiger partial charge >= 0.3 is 0 Å². The highest BCUT2D eigenvalue weighted by atomic mass is 35.5. The molecule has 1 aliphatic heterocycles. The summed E-state index contributed by atoms with van der Waals surface area (Å²) in [5.41, 5.74) is 1.08. The van der Waals surface area contributed by atoms with Crippen LogP contribution in [0.15, 0.2) is 24.3 Å². The molecule has 1 N–H and O–H groups in total. The van der Waals surface area contributed by atoms with Crippen LogP contribution in [0.25, 0.3) is 0 Å². The van der Waals surface area contributed by atoms with E-state index >= 15 is 0 Å². The highest BCUT2D eigenvalue weighted by molar-refractivity contribution is 6.31. The van der Waals surface area contributed by atoms with Gasteiger partial charge in [-0.05, 0) is 30.9 Å². The first-order valence-electron chi connectivity index (χ1n) is 7.42. The molecule has 1 aromatic carbocycles. The second-order valence-corrected chi connectivity index (χ2v) is 6.15. The molecule has 1 heterocycles. The zero-order valence-corrected chi connectivity index (χ0v) is 12.3. The molecule has 0 unspecified atom stereocenters. The Morgan fingerprint density at radius 1 is 1.15 bits per heavy atom. The number of aliphatic hydroxyl groups is 1. The highest BCUT2D eigenvalue weighted by Crippen LogP contribution is 2.43. The van der Waals surface area contributed by atoms with Crippen LogP contribution in [-0.2, 0) is 15.9 Å². The van der Waals surface area contributed by atoms with E-state index in [4.69, 9.17) is 21.1 Å². The fourth-order valence-corrected chi connectivity index (χ4v) is 3.52. The molecule has 1 saturated carbocycles. The largest absolute Gasteiger partial charge is 0.396 e. The van der Waals surface area contributed by atoms with E-state index in [9.17, 15) is 5.11 Å². The number of halogens is 1. The quantitative estimate of drug-likeness (QED) is 0.926. The van der Waals surface area contributed by atoms with Crippen molar-refractivity contribution < 1.29 is 14.6 Å². The Balaban J connectivity index is 1.74. The highest BCUT2D eigenvalue weighted by Gasteiger charge is 2.48. The van der Waals surface area contributed by atoms with Crippen LogP contribution < -0.4 is 0 Å². The smallest absolute Gasteiger partial charge is 0.169 e. The molecule has 1 saturated heterocycles. The van der Waals surface area contributed by atoms with E-state index in [1.165, 1.54) is 0 Å². The summed E-state index contributed by atoms with van der Waals surface area (Å²) in [6.45, 7) is 0.128. The zero-order chi connectivity index (χ0) is 14.0. The van der Waals surface area contributed by atoms with Gasteiger partial charge in [-0.25, -0.2) is 0 Å². The molecule has 4 heteroatoms. The third kappa shape index (κ3) is 2.86. The number of ether oxygens (including phenoxy) is 2. The lowest BCUT2D eigenvalue weighted by Gasteiger charge is -2.22. The van der Waals surface area contributed by atoms with Crippen LogP contribution in [0.5, 0.6) is 0 Å². The van der Waals surface area contributed by atoms with Crippen LogP contribution in [0, 0.1) is 0 Å². The van der Waals surface area contributed by atoms with E-state index in [2.05, 4.69) is 0 Å². The van der Waals surface area contributed by atoms with Crippen molar-refractivity contribution >= 4 is 11.6 Å². The molecule has 20 heavy (non-hydrogen) atoms. The fourth-order valence-electron chi connectivity index (χ4n) is 3.31. The summed E-state index contributed by atoms with van der Waals surface area (Å²) < 4.78 is 12.4. The van der Waals surface area contributed by atoms with Gasteiger partial charge in [-0.1, -0.05) is 29.8 Å². The number of hydrogen-bond donors (Lipinski definition) is 1. The summed E-state index contributed by atoms with van der Waals surface area (Å²) in [6.07, 6.45) is 5.56. The Morgan fingerprint density at radius 3 is 2.55 bits per heavy atom. The van der Waals surface area contributed by atoms with E-state index < -0.39 is 5.79 Å². The first-order chi connectivity index (χ1) is 9.72. The number of benzene rings is 1. The van der Waals surface area contributed by atoms with Gasteiger partial charge in [0.1, 0.15) is 0 Å². The van der Waals surface area contributed by atoms with Crippen LogP contribution in [-0.4, -0.2) is 29.7 Å². The molecule has 0 aromatic heterocycles. The molecule has 2 atom stereocenters. The van der Waals surface area contributed by atoms with E-state index in [1.807, 2.05) is 24.3 Å². The van der Waals surface area contributed by atoms with Crippen molar-refractivity contribution in [1.29, 1.82) is 0 Å². The van der Waals surface area contributed by atoms with Crippen LogP contribution in [0.2, 0.25) is 5.02 Å². The lowest BCUT2D eigenvalue weighted by Crippen LogP contribution is -2.27. The molecule has 110 valence electrons. The van der Waals surface area contributed by atoms with Gasteiger partial charge < -0.3 is 14.6 Å².